The molecular weight excluding hydrogens is 426 g/mol. The second-order valence-electron chi connectivity index (χ2n) is 6.48. The second-order valence-corrected chi connectivity index (χ2v) is 8.25. The number of rotatable bonds is 8. The van der Waals surface area contributed by atoms with Crippen molar-refractivity contribution in [3.8, 4) is 11.5 Å². The number of benzene rings is 2. The number of anilines is 1. The van der Waals surface area contributed by atoms with Crippen LogP contribution in [0.2, 0.25) is 5.02 Å². The van der Waals surface area contributed by atoms with Crippen molar-refractivity contribution in [1.29, 1.82) is 0 Å². The van der Waals surface area contributed by atoms with Gasteiger partial charge in [0.05, 0.1) is 5.75 Å². The van der Waals surface area contributed by atoms with Gasteiger partial charge in [-0.3, -0.25) is 9.59 Å². The van der Waals surface area contributed by atoms with Crippen molar-refractivity contribution in [2.75, 3.05) is 11.1 Å². The molecule has 1 aromatic heterocycles. The molecule has 0 saturated heterocycles. The summed E-state index contributed by atoms with van der Waals surface area (Å²) in [4.78, 5) is 24.2. The first kappa shape index (κ1) is 21.9. The monoisotopic (exact) mass is 445 g/mol. The van der Waals surface area contributed by atoms with Crippen LogP contribution in [0.15, 0.2) is 52.9 Å². The molecule has 0 saturated carbocycles. The first-order valence-corrected chi connectivity index (χ1v) is 10.6. The molecule has 0 fully saturated rings. The number of halogens is 1. The number of aromatic nitrogens is 2. The van der Waals surface area contributed by atoms with Crippen molar-refractivity contribution < 1.29 is 18.7 Å². The maximum Gasteiger partial charge on any atom is 0.319 e. The largest absolute Gasteiger partial charge is 0.455 e. The molecule has 1 atom stereocenters. The molecule has 2 aromatic carbocycles. The number of carbonyl (C=O) groups is 2. The Hall–Kier alpha value is -2.84. The molecule has 1 heterocycles. The number of carbonyl (C=O) groups excluding carboxylic acids is 2. The lowest BCUT2D eigenvalue weighted by Crippen LogP contribution is -2.21. The number of hydrogen-bond donors (Lipinski definition) is 1. The van der Waals surface area contributed by atoms with Gasteiger partial charge in [-0.15, -0.1) is 22.0 Å². The van der Waals surface area contributed by atoms with E-state index in [2.05, 4.69) is 15.5 Å². The summed E-state index contributed by atoms with van der Waals surface area (Å²) >= 11 is 7.05. The zero-order valence-corrected chi connectivity index (χ0v) is 18.0. The number of nitrogens with one attached hydrogen (secondary N) is 1. The van der Waals surface area contributed by atoms with Crippen molar-refractivity contribution in [3.63, 3.8) is 0 Å². The standard InChI is InChI=1S/C21H20ClN3O4S/c1-13-3-9-17(10-4-13)23-18(26)12-30-14(2)21(27)28-11-19-24-25-20(29-19)15-5-7-16(22)8-6-15/h3-10,14H,11-12H2,1-2H3,(H,23,26). The summed E-state index contributed by atoms with van der Waals surface area (Å²) in [5.74, 6) is -0.0243. The molecule has 9 heteroatoms. The first-order valence-electron chi connectivity index (χ1n) is 9.14. The minimum atomic E-state index is -0.521. The lowest BCUT2D eigenvalue weighted by molar-refractivity contribution is -0.144. The van der Waals surface area contributed by atoms with E-state index in [9.17, 15) is 9.59 Å². The van der Waals surface area contributed by atoms with E-state index >= 15 is 0 Å². The third-order valence-electron chi connectivity index (χ3n) is 4.03. The van der Waals surface area contributed by atoms with E-state index < -0.39 is 11.2 Å². The van der Waals surface area contributed by atoms with E-state index in [1.54, 1.807) is 31.2 Å². The van der Waals surface area contributed by atoms with Crippen LogP contribution in [0.5, 0.6) is 0 Å². The van der Waals surface area contributed by atoms with Gasteiger partial charge in [0.2, 0.25) is 11.8 Å². The fraction of sp³-hybridized carbons (Fsp3) is 0.238. The van der Waals surface area contributed by atoms with Crippen LogP contribution in [0, 0.1) is 6.92 Å². The lowest BCUT2D eigenvalue weighted by atomic mass is 10.2. The highest BCUT2D eigenvalue weighted by Gasteiger charge is 2.18. The van der Waals surface area contributed by atoms with E-state index in [-0.39, 0.29) is 24.2 Å². The molecule has 1 unspecified atom stereocenters. The zero-order valence-electron chi connectivity index (χ0n) is 16.4. The number of esters is 1. The highest BCUT2D eigenvalue weighted by atomic mass is 35.5. The van der Waals surface area contributed by atoms with Gasteiger partial charge < -0.3 is 14.5 Å². The summed E-state index contributed by atoms with van der Waals surface area (Å²) in [6.45, 7) is 3.51. The summed E-state index contributed by atoms with van der Waals surface area (Å²) in [7, 11) is 0. The predicted octanol–water partition coefficient (Wildman–Crippen LogP) is 4.50. The predicted molar refractivity (Wildman–Crippen MR) is 116 cm³/mol. The van der Waals surface area contributed by atoms with Crippen LogP contribution in [0.3, 0.4) is 0 Å². The number of ether oxygens (including phenoxy) is 1. The molecule has 30 heavy (non-hydrogen) atoms. The molecule has 7 nitrogen and oxygen atoms in total. The van der Waals surface area contributed by atoms with Gasteiger partial charge in [-0.1, -0.05) is 29.3 Å². The Kier molecular flexibility index (Phi) is 7.48. The molecule has 0 aliphatic carbocycles. The van der Waals surface area contributed by atoms with E-state index in [0.29, 0.717) is 22.2 Å². The number of thioether (sulfide) groups is 1. The van der Waals surface area contributed by atoms with Gasteiger partial charge >= 0.3 is 5.97 Å². The fourth-order valence-electron chi connectivity index (χ4n) is 2.37. The van der Waals surface area contributed by atoms with Crippen LogP contribution in [-0.2, 0) is 20.9 Å². The summed E-state index contributed by atoms with van der Waals surface area (Å²) in [5, 5.41) is 10.7. The Bertz CT molecular complexity index is 1010. The third kappa shape index (κ3) is 6.33. The van der Waals surface area contributed by atoms with Gasteiger partial charge in [0, 0.05) is 16.3 Å². The summed E-state index contributed by atoms with van der Waals surface area (Å²) in [5.41, 5.74) is 2.54. The van der Waals surface area contributed by atoms with Crippen molar-refractivity contribution >= 4 is 40.9 Å². The highest BCUT2D eigenvalue weighted by Crippen LogP contribution is 2.21. The normalized spacial score (nSPS) is 11.7. The Balaban J connectivity index is 1.42. The van der Waals surface area contributed by atoms with E-state index in [0.717, 1.165) is 5.56 Å². The number of amides is 1. The van der Waals surface area contributed by atoms with Gasteiger partial charge in [0.1, 0.15) is 5.25 Å². The average molecular weight is 446 g/mol. The van der Waals surface area contributed by atoms with Crippen LogP contribution in [0.25, 0.3) is 11.5 Å². The maximum absolute atomic E-state index is 12.2. The summed E-state index contributed by atoms with van der Waals surface area (Å²) < 4.78 is 10.7. The van der Waals surface area contributed by atoms with Gasteiger partial charge in [0.25, 0.3) is 5.89 Å². The molecule has 0 radical (unpaired) electrons. The quantitative estimate of drug-likeness (QED) is 0.510. The van der Waals surface area contributed by atoms with Crippen LogP contribution >= 0.6 is 23.4 Å². The SMILES string of the molecule is Cc1ccc(NC(=O)CSC(C)C(=O)OCc2nnc(-c3ccc(Cl)cc3)o2)cc1. The third-order valence-corrected chi connectivity index (χ3v) is 5.40. The fourth-order valence-corrected chi connectivity index (χ4v) is 3.18. The van der Waals surface area contributed by atoms with Crippen LogP contribution in [0.1, 0.15) is 18.4 Å². The summed E-state index contributed by atoms with van der Waals surface area (Å²) in [6, 6.07) is 14.4. The van der Waals surface area contributed by atoms with Gasteiger partial charge in [-0.2, -0.15) is 0 Å². The highest BCUT2D eigenvalue weighted by molar-refractivity contribution is 8.01. The van der Waals surface area contributed by atoms with Crippen molar-refractivity contribution in [2.24, 2.45) is 0 Å². The number of aryl methyl sites for hydroxylation is 1. The molecule has 3 aromatic rings. The van der Waals surface area contributed by atoms with E-state index in [4.69, 9.17) is 20.8 Å². The van der Waals surface area contributed by atoms with Gasteiger partial charge in [-0.25, -0.2) is 0 Å². The van der Waals surface area contributed by atoms with Crippen molar-refractivity contribution in [1.82, 2.24) is 10.2 Å². The Labute approximate surface area is 183 Å². The average Bonchev–Trinajstić information content (AvgIpc) is 3.21. The number of nitrogens with zero attached hydrogens (tertiary/aromatic N) is 2. The van der Waals surface area contributed by atoms with Crippen LogP contribution in [0.4, 0.5) is 5.69 Å². The van der Waals surface area contributed by atoms with E-state index in [1.165, 1.54) is 11.8 Å². The molecule has 156 valence electrons. The molecule has 0 bridgehead atoms. The van der Waals surface area contributed by atoms with Crippen molar-refractivity contribution in [2.45, 2.75) is 25.7 Å². The zero-order chi connectivity index (χ0) is 21.5. The molecule has 0 aliphatic rings. The van der Waals surface area contributed by atoms with Crippen LogP contribution < -0.4 is 5.32 Å². The topological polar surface area (TPSA) is 94.3 Å². The molecular formula is C21H20ClN3O4S. The molecule has 3 rings (SSSR count). The molecule has 0 aliphatic heterocycles. The Morgan fingerprint density at radius 2 is 1.83 bits per heavy atom. The molecule has 0 spiro atoms. The number of hydrogen-bond acceptors (Lipinski definition) is 7. The molecule has 1 N–H and O–H groups in total. The summed E-state index contributed by atoms with van der Waals surface area (Å²) in [6.07, 6.45) is 0. The van der Waals surface area contributed by atoms with Gasteiger partial charge in [-0.05, 0) is 50.2 Å². The Morgan fingerprint density at radius 3 is 2.53 bits per heavy atom. The Morgan fingerprint density at radius 1 is 1.13 bits per heavy atom. The van der Waals surface area contributed by atoms with E-state index in [1.807, 2.05) is 31.2 Å². The molecule has 1 amide bonds. The first-order chi connectivity index (χ1) is 14.4. The second kappa shape index (κ2) is 10.3. The minimum Gasteiger partial charge on any atom is -0.455 e. The van der Waals surface area contributed by atoms with Crippen molar-refractivity contribution in [3.05, 3.63) is 65.0 Å². The van der Waals surface area contributed by atoms with Crippen LogP contribution in [-0.4, -0.2) is 33.1 Å². The minimum absolute atomic E-state index is 0.130. The smallest absolute Gasteiger partial charge is 0.319 e. The maximum atomic E-state index is 12.2. The lowest BCUT2D eigenvalue weighted by Gasteiger charge is -2.10. The van der Waals surface area contributed by atoms with Gasteiger partial charge in [0.15, 0.2) is 6.61 Å².